The molecule has 0 radical (unpaired) electrons. The first-order chi connectivity index (χ1) is 8.52. The van der Waals surface area contributed by atoms with E-state index in [0.717, 1.165) is 13.0 Å². The molecule has 4 unspecified atom stereocenters. The summed E-state index contributed by atoms with van der Waals surface area (Å²) in [4.78, 5) is 2.56. The molecule has 4 heteroatoms. The summed E-state index contributed by atoms with van der Waals surface area (Å²) in [7, 11) is -0.677. The van der Waals surface area contributed by atoms with E-state index < -0.39 is 10.8 Å². The van der Waals surface area contributed by atoms with Gasteiger partial charge in [0, 0.05) is 34.4 Å². The zero-order valence-electron chi connectivity index (χ0n) is 12.4. The van der Waals surface area contributed by atoms with Crippen molar-refractivity contribution in [2.24, 2.45) is 0 Å². The summed E-state index contributed by atoms with van der Waals surface area (Å²) >= 11 is 0. The lowest BCUT2D eigenvalue weighted by atomic mass is 10.1. The summed E-state index contributed by atoms with van der Waals surface area (Å²) in [5.41, 5.74) is 0. The van der Waals surface area contributed by atoms with Crippen LogP contribution in [0.4, 0.5) is 0 Å². The largest absolute Gasteiger partial charge is 0.311 e. The molecule has 0 spiro atoms. The fourth-order valence-corrected chi connectivity index (χ4v) is 2.91. The minimum absolute atomic E-state index is 0.327. The Kier molecular flexibility index (Phi) is 7.42. The monoisotopic (exact) mass is 274 g/mol. The third kappa shape index (κ3) is 5.81. The number of nitrogens with zero attached hydrogens (tertiary/aromatic N) is 1. The average molecular weight is 274 g/mol. The van der Waals surface area contributed by atoms with Crippen LogP contribution in [0.2, 0.25) is 0 Å². The molecule has 0 aromatic rings. The second-order valence-electron chi connectivity index (χ2n) is 5.69. The highest BCUT2D eigenvalue weighted by Gasteiger charge is 2.18. The van der Waals surface area contributed by atoms with Gasteiger partial charge in [0.05, 0.1) is 0 Å². The highest BCUT2D eigenvalue weighted by Crippen LogP contribution is 2.10. The third-order valence-corrected chi connectivity index (χ3v) is 5.47. The summed E-state index contributed by atoms with van der Waals surface area (Å²) in [5.74, 6) is 0. The van der Waals surface area contributed by atoms with Crippen LogP contribution < -0.4 is 5.32 Å². The first-order valence-corrected chi connectivity index (χ1v) is 8.95. The molecule has 0 aliphatic carbocycles. The molecule has 0 bridgehead atoms. The molecule has 108 valence electrons. The lowest BCUT2D eigenvalue weighted by Crippen LogP contribution is -2.44. The van der Waals surface area contributed by atoms with Gasteiger partial charge in [-0.05, 0) is 52.2 Å². The lowest BCUT2D eigenvalue weighted by Gasteiger charge is -2.32. The van der Waals surface area contributed by atoms with Crippen LogP contribution in [0.5, 0.6) is 0 Å². The van der Waals surface area contributed by atoms with E-state index >= 15 is 0 Å². The van der Waals surface area contributed by atoms with Crippen molar-refractivity contribution in [1.29, 1.82) is 0 Å². The Morgan fingerprint density at radius 2 is 2.06 bits per heavy atom. The van der Waals surface area contributed by atoms with Gasteiger partial charge in [0.2, 0.25) is 0 Å². The van der Waals surface area contributed by atoms with Gasteiger partial charge in [-0.2, -0.15) is 0 Å². The Bertz CT molecular complexity index is 260. The highest BCUT2D eigenvalue weighted by atomic mass is 32.2. The predicted molar refractivity (Wildman–Crippen MR) is 80.5 cm³/mol. The summed E-state index contributed by atoms with van der Waals surface area (Å²) < 4.78 is 11.4. The van der Waals surface area contributed by atoms with Crippen molar-refractivity contribution in [3.05, 3.63) is 0 Å². The third-order valence-electron chi connectivity index (χ3n) is 4.10. The van der Waals surface area contributed by atoms with Crippen molar-refractivity contribution in [3.8, 4) is 0 Å². The Morgan fingerprint density at radius 3 is 2.67 bits per heavy atom. The molecule has 0 aromatic heterocycles. The molecule has 1 fully saturated rings. The first kappa shape index (κ1) is 16.1. The van der Waals surface area contributed by atoms with E-state index in [1.807, 2.05) is 6.26 Å². The van der Waals surface area contributed by atoms with Gasteiger partial charge in [-0.3, -0.25) is 4.21 Å². The SMILES string of the molecule is CCC1CCN(CCC(C)S(C)=O)CCC(C)N1. The maximum Gasteiger partial charge on any atom is 0.0329 e. The molecule has 0 amide bonds. The normalized spacial score (nSPS) is 30.4. The number of hydrogen-bond donors (Lipinski definition) is 1. The summed E-state index contributed by atoms with van der Waals surface area (Å²) in [6.45, 7) is 10.1. The summed E-state index contributed by atoms with van der Waals surface area (Å²) in [6, 6.07) is 1.29. The van der Waals surface area contributed by atoms with Gasteiger partial charge < -0.3 is 10.2 Å². The minimum Gasteiger partial charge on any atom is -0.311 e. The first-order valence-electron chi connectivity index (χ1n) is 7.33. The van der Waals surface area contributed by atoms with Gasteiger partial charge in [0.15, 0.2) is 0 Å². The Hall–Kier alpha value is 0.0700. The Balaban J connectivity index is 2.38. The maximum absolute atomic E-state index is 11.4. The zero-order chi connectivity index (χ0) is 13.5. The molecule has 0 aromatic carbocycles. The fraction of sp³-hybridized carbons (Fsp3) is 1.00. The van der Waals surface area contributed by atoms with Gasteiger partial charge >= 0.3 is 0 Å². The summed E-state index contributed by atoms with van der Waals surface area (Å²) in [6.07, 6.45) is 6.55. The van der Waals surface area contributed by atoms with Crippen LogP contribution in [-0.2, 0) is 10.8 Å². The molecule has 4 atom stereocenters. The fourth-order valence-electron chi connectivity index (χ4n) is 2.47. The van der Waals surface area contributed by atoms with Crippen LogP contribution in [0, 0.1) is 0 Å². The molecule has 1 aliphatic rings. The van der Waals surface area contributed by atoms with Gasteiger partial charge in [-0.1, -0.05) is 13.8 Å². The van der Waals surface area contributed by atoms with Crippen molar-refractivity contribution in [2.75, 3.05) is 25.9 Å². The highest BCUT2D eigenvalue weighted by molar-refractivity contribution is 7.84. The van der Waals surface area contributed by atoms with Gasteiger partial charge in [-0.25, -0.2) is 0 Å². The molecule has 1 aliphatic heterocycles. The molecule has 18 heavy (non-hydrogen) atoms. The van der Waals surface area contributed by atoms with Gasteiger partial charge in [0.1, 0.15) is 0 Å². The van der Waals surface area contributed by atoms with Crippen molar-refractivity contribution < 1.29 is 4.21 Å². The second-order valence-corrected chi connectivity index (χ2v) is 7.49. The van der Waals surface area contributed by atoms with Crippen molar-refractivity contribution in [2.45, 2.75) is 63.8 Å². The number of rotatable bonds is 5. The molecule has 0 saturated carbocycles. The molecular weight excluding hydrogens is 244 g/mol. The number of hydrogen-bond acceptors (Lipinski definition) is 3. The predicted octanol–water partition coefficient (Wildman–Crippen LogP) is 2.00. The zero-order valence-corrected chi connectivity index (χ0v) is 13.3. The molecule has 1 heterocycles. The van der Waals surface area contributed by atoms with E-state index in [4.69, 9.17) is 0 Å². The van der Waals surface area contributed by atoms with E-state index in [1.165, 1.54) is 32.4 Å². The van der Waals surface area contributed by atoms with Crippen molar-refractivity contribution in [3.63, 3.8) is 0 Å². The molecule has 3 nitrogen and oxygen atoms in total. The van der Waals surface area contributed by atoms with Crippen LogP contribution in [0.1, 0.15) is 46.5 Å². The van der Waals surface area contributed by atoms with Crippen molar-refractivity contribution in [1.82, 2.24) is 10.2 Å². The molecule has 1 N–H and O–H groups in total. The van der Waals surface area contributed by atoms with Crippen LogP contribution in [0.3, 0.4) is 0 Å². The van der Waals surface area contributed by atoms with Crippen molar-refractivity contribution >= 4 is 10.8 Å². The number of nitrogens with one attached hydrogen (secondary N) is 1. The van der Waals surface area contributed by atoms with Gasteiger partial charge in [-0.15, -0.1) is 0 Å². The molecule has 1 saturated heterocycles. The van der Waals surface area contributed by atoms with Crippen LogP contribution in [0.15, 0.2) is 0 Å². The minimum atomic E-state index is -0.677. The topological polar surface area (TPSA) is 32.3 Å². The lowest BCUT2D eigenvalue weighted by molar-refractivity contribution is 0.211. The van der Waals surface area contributed by atoms with Gasteiger partial charge in [0.25, 0.3) is 0 Å². The second kappa shape index (κ2) is 8.28. The van der Waals surface area contributed by atoms with E-state index in [0.29, 0.717) is 17.3 Å². The standard InChI is InChI=1S/C14H30N2OS/c1-5-14-8-11-16(9-6-12(2)15-14)10-7-13(3)18(4)17/h12-15H,5-11H2,1-4H3. The van der Waals surface area contributed by atoms with Crippen LogP contribution in [0.25, 0.3) is 0 Å². The van der Waals surface area contributed by atoms with E-state index in [9.17, 15) is 4.21 Å². The quantitative estimate of drug-likeness (QED) is 0.832. The summed E-state index contributed by atoms with van der Waals surface area (Å²) in [5, 5.41) is 4.02. The average Bonchev–Trinajstić information content (AvgIpc) is 2.32. The smallest absolute Gasteiger partial charge is 0.0329 e. The van der Waals surface area contributed by atoms with E-state index in [-0.39, 0.29) is 0 Å². The van der Waals surface area contributed by atoms with E-state index in [1.54, 1.807) is 0 Å². The van der Waals surface area contributed by atoms with E-state index in [2.05, 4.69) is 31.0 Å². The molecular formula is C14H30N2OS. The Morgan fingerprint density at radius 1 is 1.39 bits per heavy atom. The van der Waals surface area contributed by atoms with Crippen LogP contribution in [-0.4, -0.2) is 52.3 Å². The van der Waals surface area contributed by atoms with Crippen LogP contribution >= 0.6 is 0 Å². The Labute approximate surface area is 115 Å². The maximum atomic E-state index is 11.4. The molecule has 1 rings (SSSR count).